The zero-order valence-corrected chi connectivity index (χ0v) is 36.2. The van der Waals surface area contributed by atoms with Gasteiger partial charge in [-0.1, -0.05) is 132 Å². The molecule has 0 bridgehead atoms. The van der Waals surface area contributed by atoms with E-state index in [0.717, 1.165) is 16.0 Å². The van der Waals surface area contributed by atoms with Crippen LogP contribution in [0.4, 0.5) is 10.5 Å². The first-order chi connectivity index (χ1) is 32.7. The lowest BCUT2D eigenvalue weighted by Crippen LogP contribution is -2.54. The van der Waals surface area contributed by atoms with Crippen LogP contribution < -0.4 is 15.0 Å². The van der Waals surface area contributed by atoms with Gasteiger partial charge in [-0.3, -0.25) is 19.3 Å². The molecular weight excluding hydrogens is 849 g/mol. The van der Waals surface area contributed by atoms with Gasteiger partial charge < -0.3 is 25.0 Å². The Morgan fingerprint density at radius 2 is 1.49 bits per heavy atom. The summed E-state index contributed by atoms with van der Waals surface area (Å²) in [6.45, 7) is 1.76. The van der Waals surface area contributed by atoms with Crippen LogP contribution in [0.3, 0.4) is 0 Å². The lowest BCUT2D eigenvalue weighted by Gasteiger charge is -2.46. The minimum atomic E-state index is -2.15. The summed E-state index contributed by atoms with van der Waals surface area (Å²) < 4.78 is 13.8. The number of carbonyl (C=O) groups excluding carboxylic acids is 3. The zero-order chi connectivity index (χ0) is 46.2. The Bertz CT molecular complexity index is 3060. The van der Waals surface area contributed by atoms with Crippen LogP contribution in [0.25, 0.3) is 11.0 Å². The summed E-state index contributed by atoms with van der Waals surface area (Å²) in [5, 5.41) is 32.7. The normalized spacial score (nSPS) is 22.4. The number of aromatic nitrogens is 3. The van der Waals surface area contributed by atoms with Crippen LogP contribution in [0.15, 0.2) is 158 Å². The summed E-state index contributed by atoms with van der Waals surface area (Å²) in [5.74, 6) is 1.90. The Hall–Kier alpha value is -8.12. The van der Waals surface area contributed by atoms with Crippen molar-refractivity contribution in [2.24, 2.45) is 5.92 Å². The molecule has 4 heterocycles. The third-order valence-electron chi connectivity index (χ3n) is 13.0. The number of hydrogen-bond donors (Lipinski definition) is 3. The van der Waals surface area contributed by atoms with Gasteiger partial charge in [-0.15, -0.1) is 5.10 Å². The highest BCUT2D eigenvalue weighted by atomic mass is 16.6. The standard InChI is InChI=1S/C53H44N6O8/c1-33(35-15-5-2-6-16-35)54-52(65)58-42-28-23-34(14-13-29-57-43-22-12-11-21-41(43)55-56-57)32-40(42)53(51(58)64)44(49(61)62)46-50(63)67-47(37-19-9-4-10-20-37)45(36-17-7-3-8-18-36)59(46)48(53)38-24-26-39(27-25-38)66-31-30-60/h2-12,15-28,32-33,44-48,60H,29-31H2,1H3,(H,54,65)(H,61,62)/t33-,44-,45-,46-,47+,48+,53-/m1/s1. The van der Waals surface area contributed by atoms with E-state index in [4.69, 9.17) is 9.47 Å². The van der Waals surface area contributed by atoms with Crippen molar-refractivity contribution >= 4 is 40.6 Å². The molecule has 10 rings (SSSR count). The second kappa shape index (κ2) is 17.7. The lowest BCUT2D eigenvalue weighted by molar-refractivity contribution is -0.179. The summed E-state index contributed by atoms with van der Waals surface area (Å²) in [5.41, 5.74) is 2.77. The smallest absolute Gasteiger partial charge is 0.329 e. The van der Waals surface area contributed by atoms with Crippen molar-refractivity contribution in [2.45, 2.75) is 49.2 Å². The maximum absolute atomic E-state index is 16.2. The van der Waals surface area contributed by atoms with Gasteiger partial charge in [-0.05, 0) is 77.2 Å². The molecule has 6 aromatic carbocycles. The predicted molar refractivity (Wildman–Crippen MR) is 246 cm³/mol. The second-order valence-corrected chi connectivity index (χ2v) is 16.7. The molecule has 14 heteroatoms. The molecule has 0 aliphatic carbocycles. The number of nitrogens with one attached hydrogen (secondary N) is 1. The fourth-order valence-corrected chi connectivity index (χ4v) is 10.2. The van der Waals surface area contributed by atoms with E-state index in [-0.39, 0.29) is 31.0 Å². The van der Waals surface area contributed by atoms with Crippen molar-refractivity contribution in [3.63, 3.8) is 0 Å². The molecule has 3 amide bonds. The number of ether oxygens (including phenoxy) is 2. The molecule has 14 nitrogen and oxygen atoms in total. The molecule has 0 saturated carbocycles. The highest BCUT2D eigenvalue weighted by Crippen LogP contribution is 2.66. The van der Waals surface area contributed by atoms with E-state index in [1.54, 1.807) is 54.1 Å². The van der Waals surface area contributed by atoms with Gasteiger partial charge in [-0.25, -0.2) is 14.4 Å². The Labute approximate surface area is 385 Å². The first-order valence-electron chi connectivity index (χ1n) is 22.0. The van der Waals surface area contributed by atoms with E-state index in [9.17, 15) is 24.6 Å². The van der Waals surface area contributed by atoms with Crippen molar-refractivity contribution in [3.05, 3.63) is 191 Å². The number of carboxylic acids is 1. The number of aliphatic hydroxyl groups is 1. The lowest BCUT2D eigenvalue weighted by atomic mass is 9.65. The Morgan fingerprint density at radius 3 is 2.19 bits per heavy atom. The molecule has 3 N–H and O–H groups in total. The molecule has 3 aliphatic heterocycles. The number of urea groups is 1. The number of cyclic esters (lactones) is 1. The number of aliphatic carboxylic acids is 1. The highest BCUT2D eigenvalue weighted by molar-refractivity contribution is 6.24. The molecule has 7 atom stereocenters. The number of aliphatic hydroxyl groups excluding tert-OH is 1. The van der Waals surface area contributed by atoms with E-state index in [0.29, 0.717) is 33.5 Å². The molecule has 1 spiro atoms. The van der Waals surface area contributed by atoms with Crippen LogP contribution in [0.1, 0.15) is 64.5 Å². The average molecular weight is 893 g/mol. The summed E-state index contributed by atoms with van der Waals surface area (Å²) in [4.78, 5) is 63.3. The molecular formula is C53H44N6O8. The van der Waals surface area contributed by atoms with Gasteiger partial charge in [0.15, 0.2) is 0 Å². The summed E-state index contributed by atoms with van der Waals surface area (Å²) >= 11 is 0. The highest BCUT2D eigenvalue weighted by Gasteiger charge is 2.76. The number of imide groups is 1. The van der Waals surface area contributed by atoms with E-state index in [2.05, 4.69) is 27.5 Å². The molecule has 67 heavy (non-hydrogen) atoms. The van der Waals surface area contributed by atoms with Crippen LogP contribution in [0, 0.1) is 17.8 Å². The van der Waals surface area contributed by atoms with Crippen LogP contribution in [-0.4, -0.2) is 73.2 Å². The van der Waals surface area contributed by atoms with E-state index >= 15 is 4.79 Å². The Morgan fingerprint density at radius 1 is 0.821 bits per heavy atom. The number of hydrogen-bond acceptors (Lipinski definition) is 10. The minimum Gasteiger partial charge on any atom is -0.491 e. The molecule has 1 aromatic heterocycles. The number of esters is 1. The predicted octanol–water partition coefficient (Wildman–Crippen LogP) is 7.08. The topological polar surface area (TPSA) is 176 Å². The van der Waals surface area contributed by atoms with Gasteiger partial charge in [0.1, 0.15) is 47.9 Å². The minimum absolute atomic E-state index is 0.0248. The largest absolute Gasteiger partial charge is 0.491 e. The number of morpholine rings is 1. The first-order valence-corrected chi connectivity index (χ1v) is 22.0. The fourth-order valence-electron chi connectivity index (χ4n) is 10.2. The van der Waals surface area contributed by atoms with E-state index in [1.165, 1.54) is 0 Å². The SMILES string of the molecule is C[C@@H](NC(=O)N1C(=O)[C@@]2(c3cc(C#CCn4nnc5ccccc54)ccc31)[C@H](c1ccc(OCCO)cc1)N1[C@H](c3ccccc3)[C@H](c3ccccc3)OC(=O)[C@H]1[C@@H]2C(=O)O)c1ccccc1. The third kappa shape index (κ3) is 7.34. The maximum Gasteiger partial charge on any atom is 0.329 e. The summed E-state index contributed by atoms with van der Waals surface area (Å²) in [7, 11) is 0. The molecule has 334 valence electrons. The summed E-state index contributed by atoms with van der Waals surface area (Å²) in [6.07, 6.45) is -0.946. The van der Waals surface area contributed by atoms with Gasteiger partial charge in [0.05, 0.1) is 35.9 Å². The summed E-state index contributed by atoms with van der Waals surface area (Å²) in [6, 6.07) is 42.2. The number of fused-ring (bicyclic) bond motifs is 4. The van der Waals surface area contributed by atoms with Crippen molar-refractivity contribution in [1.29, 1.82) is 0 Å². The molecule has 7 aromatic rings. The molecule has 2 fully saturated rings. The number of para-hydroxylation sites is 1. The monoisotopic (exact) mass is 892 g/mol. The zero-order valence-electron chi connectivity index (χ0n) is 36.2. The van der Waals surface area contributed by atoms with Crippen LogP contribution in [0.5, 0.6) is 5.75 Å². The molecule has 0 radical (unpaired) electrons. The Balaban J connectivity index is 1.20. The van der Waals surface area contributed by atoms with E-state index in [1.807, 2.05) is 120 Å². The van der Waals surface area contributed by atoms with Crippen LogP contribution in [0.2, 0.25) is 0 Å². The number of amides is 3. The van der Waals surface area contributed by atoms with Gasteiger partial charge in [0, 0.05) is 5.56 Å². The van der Waals surface area contributed by atoms with Gasteiger partial charge in [0.25, 0.3) is 0 Å². The van der Waals surface area contributed by atoms with Crippen molar-refractivity contribution in [2.75, 3.05) is 18.1 Å². The number of rotatable bonds is 10. The maximum atomic E-state index is 16.2. The number of benzene rings is 6. The van der Waals surface area contributed by atoms with Crippen molar-refractivity contribution in [3.8, 4) is 17.6 Å². The Kier molecular flexibility index (Phi) is 11.3. The van der Waals surface area contributed by atoms with Crippen LogP contribution >= 0.6 is 0 Å². The number of anilines is 1. The van der Waals surface area contributed by atoms with Gasteiger partial charge in [0.2, 0.25) is 5.91 Å². The molecule has 0 unspecified atom stereocenters. The van der Waals surface area contributed by atoms with E-state index < -0.39 is 65.5 Å². The fraction of sp³-hybridized carbons (Fsp3) is 0.208. The number of carboxylic acid groups (broad SMARTS) is 1. The van der Waals surface area contributed by atoms with Crippen LogP contribution in [-0.2, 0) is 31.1 Å². The average Bonchev–Trinajstić information content (AvgIpc) is 4.00. The van der Waals surface area contributed by atoms with Gasteiger partial charge in [-0.2, -0.15) is 0 Å². The van der Waals surface area contributed by atoms with Gasteiger partial charge >= 0.3 is 18.0 Å². The van der Waals surface area contributed by atoms with Crippen molar-refractivity contribution in [1.82, 2.24) is 25.2 Å². The number of nitrogens with zero attached hydrogens (tertiary/aromatic N) is 5. The van der Waals surface area contributed by atoms with Crippen molar-refractivity contribution < 1.29 is 38.9 Å². The second-order valence-electron chi connectivity index (χ2n) is 16.7. The third-order valence-corrected chi connectivity index (χ3v) is 13.0. The number of carbonyl (C=O) groups is 4. The molecule has 2 saturated heterocycles. The molecule has 3 aliphatic rings. The quantitative estimate of drug-likeness (QED) is 0.0946. The first kappa shape index (κ1) is 42.8.